The highest BCUT2D eigenvalue weighted by molar-refractivity contribution is 5.41. The molecule has 72 valence electrons. The lowest BCUT2D eigenvalue weighted by molar-refractivity contribution is 0.378. The Hall–Kier alpha value is -1.97. The number of hydrogen-bond donors (Lipinski definition) is 1. The lowest BCUT2D eigenvalue weighted by Gasteiger charge is -2.04. The first-order valence-electron chi connectivity index (χ1n) is 4.14. The minimum Gasteiger partial charge on any atom is -0.504 e. The van der Waals surface area contributed by atoms with Gasteiger partial charge in [0.2, 0.25) is 0 Å². The molecular weight excluding hydrogens is 182 g/mol. The molecule has 1 aromatic heterocycles. The van der Waals surface area contributed by atoms with Gasteiger partial charge in [-0.3, -0.25) is 0 Å². The zero-order chi connectivity index (χ0) is 9.97. The zero-order valence-electron chi connectivity index (χ0n) is 7.60. The standard InChI is InChI=1S/C10H9NO3/c1-7-10(6-11-14-7)13-9-5-3-2-4-8(9)12/h2-6,12H,1H3. The molecule has 0 aliphatic rings. The van der Waals surface area contributed by atoms with E-state index in [2.05, 4.69) is 5.16 Å². The first kappa shape index (κ1) is 8.62. The molecule has 1 heterocycles. The number of aromatic hydroxyl groups is 1. The average Bonchev–Trinajstić information content (AvgIpc) is 2.56. The number of para-hydroxylation sites is 2. The van der Waals surface area contributed by atoms with Gasteiger partial charge in [-0.1, -0.05) is 17.3 Å². The molecule has 0 radical (unpaired) electrons. The summed E-state index contributed by atoms with van der Waals surface area (Å²) in [6.07, 6.45) is 1.46. The topological polar surface area (TPSA) is 55.5 Å². The van der Waals surface area contributed by atoms with Crippen molar-refractivity contribution < 1.29 is 14.4 Å². The van der Waals surface area contributed by atoms with Crippen molar-refractivity contribution in [3.8, 4) is 17.2 Å². The predicted molar refractivity (Wildman–Crippen MR) is 49.4 cm³/mol. The highest BCUT2D eigenvalue weighted by Crippen LogP contribution is 2.31. The molecule has 1 N–H and O–H groups in total. The van der Waals surface area contributed by atoms with E-state index in [4.69, 9.17) is 9.26 Å². The third kappa shape index (κ3) is 1.54. The van der Waals surface area contributed by atoms with Crippen LogP contribution in [0.15, 0.2) is 35.0 Å². The summed E-state index contributed by atoms with van der Waals surface area (Å²) >= 11 is 0. The molecule has 0 aliphatic carbocycles. The van der Waals surface area contributed by atoms with Gasteiger partial charge in [-0.05, 0) is 12.1 Å². The maximum atomic E-state index is 9.42. The minimum atomic E-state index is 0.0908. The van der Waals surface area contributed by atoms with E-state index in [-0.39, 0.29) is 5.75 Å². The molecule has 0 aliphatic heterocycles. The molecule has 2 aromatic rings. The van der Waals surface area contributed by atoms with Crippen LogP contribution in [0.5, 0.6) is 17.2 Å². The Morgan fingerprint density at radius 3 is 2.71 bits per heavy atom. The Morgan fingerprint density at radius 2 is 2.07 bits per heavy atom. The quantitative estimate of drug-likeness (QED) is 0.792. The van der Waals surface area contributed by atoms with E-state index in [1.54, 1.807) is 31.2 Å². The van der Waals surface area contributed by atoms with Gasteiger partial charge < -0.3 is 14.4 Å². The monoisotopic (exact) mass is 191 g/mol. The van der Waals surface area contributed by atoms with Crippen LogP contribution in [0.2, 0.25) is 0 Å². The molecule has 0 fully saturated rings. The van der Waals surface area contributed by atoms with Gasteiger partial charge in [0.25, 0.3) is 0 Å². The van der Waals surface area contributed by atoms with Crippen LogP contribution >= 0.6 is 0 Å². The Bertz CT molecular complexity index is 436. The summed E-state index contributed by atoms with van der Waals surface area (Å²) in [6, 6.07) is 6.72. The molecule has 0 saturated heterocycles. The van der Waals surface area contributed by atoms with Crippen molar-refractivity contribution in [2.75, 3.05) is 0 Å². The summed E-state index contributed by atoms with van der Waals surface area (Å²) in [5.74, 6) is 1.56. The second-order valence-corrected chi connectivity index (χ2v) is 2.82. The Labute approximate surface area is 80.7 Å². The summed E-state index contributed by atoms with van der Waals surface area (Å²) in [5, 5.41) is 13.0. The highest BCUT2D eigenvalue weighted by atomic mass is 16.5. The lowest BCUT2D eigenvalue weighted by atomic mass is 10.3. The van der Waals surface area contributed by atoms with E-state index in [0.29, 0.717) is 17.3 Å². The van der Waals surface area contributed by atoms with Crippen LogP contribution in [0.25, 0.3) is 0 Å². The van der Waals surface area contributed by atoms with Crippen molar-refractivity contribution in [1.29, 1.82) is 0 Å². The van der Waals surface area contributed by atoms with Gasteiger partial charge in [0.15, 0.2) is 23.0 Å². The van der Waals surface area contributed by atoms with Crippen LogP contribution in [0.1, 0.15) is 5.76 Å². The number of aromatic nitrogens is 1. The van der Waals surface area contributed by atoms with E-state index in [9.17, 15) is 5.11 Å². The predicted octanol–water partition coefficient (Wildman–Crippen LogP) is 2.48. The number of benzene rings is 1. The first-order valence-corrected chi connectivity index (χ1v) is 4.14. The number of phenols is 1. The van der Waals surface area contributed by atoms with Gasteiger partial charge in [0.05, 0.1) is 0 Å². The molecule has 1 aromatic carbocycles. The largest absolute Gasteiger partial charge is 0.504 e. The van der Waals surface area contributed by atoms with E-state index in [1.165, 1.54) is 6.20 Å². The number of aryl methyl sites for hydroxylation is 1. The fourth-order valence-corrected chi connectivity index (χ4v) is 1.05. The van der Waals surface area contributed by atoms with Crippen LogP contribution in [-0.2, 0) is 0 Å². The first-order chi connectivity index (χ1) is 6.77. The molecule has 0 amide bonds. The second-order valence-electron chi connectivity index (χ2n) is 2.82. The van der Waals surface area contributed by atoms with Crippen molar-refractivity contribution in [2.24, 2.45) is 0 Å². The second kappa shape index (κ2) is 3.41. The molecule has 0 unspecified atom stereocenters. The smallest absolute Gasteiger partial charge is 0.189 e. The molecule has 0 saturated carbocycles. The molecule has 2 rings (SSSR count). The summed E-state index contributed by atoms with van der Waals surface area (Å²) in [6.45, 7) is 1.74. The van der Waals surface area contributed by atoms with E-state index >= 15 is 0 Å². The van der Waals surface area contributed by atoms with Gasteiger partial charge >= 0.3 is 0 Å². The number of ether oxygens (including phenoxy) is 1. The van der Waals surface area contributed by atoms with Crippen molar-refractivity contribution in [3.05, 3.63) is 36.2 Å². The van der Waals surface area contributed by atoms with Crippen LogP contribution in [-0.4, -0.2) is 10.3 Å². The van der Waals surface area contributed by atoms with Gasteiger partial charge in [-0.2, -0.15) is 0 Å². The number of rotatable bonds is 2. The van der Waals surface area contributed by atoms with Gasteiger partial charge in [-0.15, -0.1) is 0 Å². The summed E-state index contributed by atoms with van der Waals surface area (Å²) in [5.41, 5.74) is 0. The van der Waals surface area contributed by atoms with Crippen molar-refractivity contribution in [2.45, 2.75) is 6.92 Å². The summed E-state index contributed by atoms with van der Waals surface area (Å²) < 4.78 is 10.2. The van der Waals surface area contributed by atoms with Gasteiger partial charge in [-0.25, -0.2) is 0 Å². The van der Waals surface area contributed by atoms with Crippen molar-refractivity contribution in [3.63, 3.8) is 0 Å². The van der Waals surface area contributed by atoms with Crippen LogP contribution in [0, 0.1) is 6.92 Å². The SMILES string of the molecule is Cc1oncc1Oc1ccccc1O. The van der Waals surface area contributed by atoms with Crippen LogP contribution < -0.4 is 4.74 Å². The summed E-state index contributed by atoms with van der Waals surface area (Å²) in [7, 11) is 0. The highest BCUT2D eigenvalue weighted by Gasteiger charge is 2.07. The molecule has 4 nitrogen and oxygen atoms in total. The fourth-order valence-electron chi connectivity index (χ4n) is 1.05. The fraction of sp³-hybridized carbons (Fsp3) is 0.100. The Kier molecular flexibility index (Phi) is 2.10. The third-order valence-electron chi connectivity index (χ3n) is 1.79. The molecule has 0 atom stereocenters. The molecular formula is C10H9NO3. The lowest BCUT2D eigenvalue weighted by Crippen LogP contribution is -1.83. The van der Waals surface area contributed by atoms with Crippen molar-refractivity contribution in [1.82, 2.24) is 5.16 Å². The Balaban J connectivity index is 2.28. The molecule has 4 heteroatoms. The third-order valence-corrected chi connectivity index (χ3v) is 1.79. The number of nitrogens with zero attached hydrogens (tertiary/aromatic N) is 1. The van der Waals surface area contributed by atoms with E-state index in [0.717, 1.165) is 0 Å². The van der Waals surface area contributed by atoms with Crippen LogP contribution in [0.3, 0.4) is 0 Å². The van der Waals surface area contributed by atoms with Gasteiger partial charge in [0, 0.05) is 6.92 Å². The average molecular weight is 191 g/mol. The summed E-state index contributed by atoms with van der Waals surface area (Å²) in [4.78, 5) is 0. The normalized spacial score (nSPS) is 10.1. The molecule has 0 spiro atoms. The molecule has 0 bridgehead atoms. The number of hydrogen-bond acceptors (Lipinski definition) is 4. The maximum absolute atomic E-state index is 9.42. The molecule has 14 heavy (non-hydrogen) atoms. The number of phenolic OH excluding ortho intramolecular Hbond substituents is 1. The van der Waals surface area contributed by atoms with Gasteiger partial charge in [0.1, 0.15) is 6.20 Å². The van der Waals surface area contributed by atoms with E-state index < -0.39 is 0 Å². The van der Waals surface area contributed by atoms with Crippen LogP contribution in [0.4, 0.5) is 0 Å². The Morgan fingerprint density at radius 1 is 1.29 bits per heavy atom. The zero-order valence-corrected chi connectivity index (χ0v) is 7.60. The van der Waals surface area contributed by atoms with Crippen molar-refractivity contribution >= 4 is 0 Å². The van der Waals surface area contributed by atoms with E-state index in [1.807, 2.05) is 0 Å². The maximum Gasteiger partial charge on any atom is 0.189 e. The minimum absolute atomic E-state index is 0.0908.